The summed E-state index contributed by atoms with van der Waals surface area (Å²) in [6.07, 6.45) is 5.01. The summed E-state index contributed by atoms with van der Waals surface area (Å²) in [5.74, 6) is 0. The van der Waals surface area contributed by atoms with E-state index >= 15 is 0 Å². The lowest BCUT2D eigenvalue weighted by atomic mass is 10.1. The maximum atomic E-state index is 3.19. The van der Waals surface area contributed by atoms with Crippen LogP contribution in [0.15, 0.2) is 11.3 Å². The third-order valence-electron chi connectivity index (χ3n) is 2.15. The van der Waals surface area contributed by atoms with Crippen LogP contribution in [0.3, 0.4) is 0 Å². The fourth-order valence-corrected chi connectivity index (χ4v) is 1.42. The van der Waals surface area contributed by atoms with E-state index in [1.165, 1.54) is 25.0 Å². The average molecular weight is 184 g/mol. The van der Waals surface area contributed by atoms with Gasteiger partial charge >= 0.3 is 0 Å². The molecule has 0 amide bonds. The summed E-state index contributed by atoms with van der Waals surface area (Å²) in [6.45, 7) is 9.48. The van der Waals surface area contributed by atoms with Gasteiger partial charge in [0, 0.05) is 12.2 Å². The van der Waals surface area contributed by atoms with E-state index in [0.717, 1.165) is 13.0 Å². The molecule has 1 aliphatic heterocycles. The Kier molecular flexibility index (Phi) is 7.80. The summed E-state index contributed by atoms with van der Waals surface area (Å²) in [5, 5.41) is 0. The highest BCUT2D eigenvalue weighted by Crippen LogP contribution is 2.15. The second-order valence-electron chi connectivity index (χ2n) is 3.02. The molecule has 78 valence electrons. The van der Waals surface area contributed by atoms with Gasteiger partial charge in [-0.25, -0.2) is 5.43 Å². The van der Waals surface area contributed by atoms with Crippen molar-refractivity contribution in [2.24, 2.45) is 0 Å². The molecule has 0 aromatic rings. The van der Waals surface area contributed by atoms with Crippen molar-refractivity contribution in [3.8, 4) is 0 Å². The van der Waals surface area contributed by atoms with E-state index in [2.05, 4.69) is 24.7 Å². The van der Waals surface area contributed by atoms with Gasteiger partial charge in [0.15, 0.2) is 0 Å². The molecule has 1 heterocycles. The topological polar surface area (TPSA) is 24.1 Å². The molecule has 0 saturated carbocycles. The van der Waals surface area contributed by atoms with E-state index in [9.17, 15) is 0 Å². The van der Waals surface area contributed by atoms with Gasteiger partial charge in [-0.1, -0.05) is 34.1 Å². The van der Waals surface area contributed by atoms with E-state index in [0.29, 0.717) is 0 Å². The molecule has 0 radical (unpaired) electrons. The molecule has 0 fully saturated rings. The number of nitrogens with one attached hydrogen (secondary N) is 2. The second-order valence-corrected chi connectivity index (χ2v) is 3.02. The first-order valence-electron chi connectivity index (χ1n) is 5.58. The minimum Gasteiger partial charge on any atom is -0.325 e. The van der Waals surface area contributed by atoms with Crippen LogP contribution >= 0.6 is 0 Å². The molecule has 0 saturated heterocycles. The Labute approximate surface area is 82.8 Å². The highest BCUT2D eigenvalue weighted by atomic mass is 15.4. The van der Waals surface area contributed by atoms with Crippen LogP contribution in [-0.2, 0) is 0 Å². The van der Waals surface area contributed by atoms with Gasteiger partial charge in [-0.15, -0.1) is 0 Å². The zero-order valence-electron chi connectivity index (χ0n) is 9.54. The number of unbranched alkanes of at least 4 members (excludes halogenated alkanes) is 1. The van der Waals surface area contributed by atoms with Crippen LogP contribution in [0.4, 0.5) is 0 Å². The molecule has 2 nitrogen and oxygen atoms in total. The van der Waals surface area contributed by atoms with Crippen LogP contribution < -0.4 is 10.9 Å². The molecule has 0 spiro atoms. The Morgan fingerprint density at radius 3 is 2.46 bits per heavy atom. The van der Waals surface area contributed by atoms with Crippen molar-refractivity contribution in [2.75, 3.05) is 6.54 Å². The standard InChI is InChI=1S/C9H18N2.C2H6/c1-3-5-6-8-7-10-11-9(8)4-2;1-2/h10-11H,3-7H2,1-2H3;1-2H3. The minimum atomic E-state index is 1.04. The summed E-state index contributed by atoms with van der Waals surface area (Å²) < 4.78 is 0. The summed E-state index contributed by atoms with van der Waals surface area (Å²) in [4.78, 5) is 0. The Balaban J connectivity index is 0.000000671. The van der Waals surface area contributed by atoms with Crippen LogP contribution in [0.25, 0.3) is 0 Å². The average Bonchev–Trinajstić information content (AvgIpc) is 2.65. The molecule has 0 bridgehead atoms. The molecule has 2 heteroatoms. The molecule has 2 N–H and O–H groups in total. The fourth-order valence-electron chi connectivity index (χ4n) is 1.42. The Bertz CT molecular complexity index is 150. The summed E-state index contributed by atoms with van der Waals surface area (Å²) in [6, 6.07) is 0. The lowest BCUT2D eigenvalue weighted by Crippen LogP contribution is -2.23. The largest absolute Gasteiger partial charge is 0.325 e. The van der Waals surface area contributed by atoms with Gasteiger partial charge in [0.25, 0.3) is 0 Å². The number of allylic oxidation sites excluding steroid dienone is 1. The lowest BCUT2D eigenvalue weighted by molar-refractivity contribution is 0.678. The van der Waals surface area contributed by atoms with E-state index in [4.69, 9.17) is 0 Å². The fraction of sp³-hybridized carbons (Fsp3) is 0.818. The van der Waals surface area contributed by atoms with Gasteiger partial charge in [-0.2, -0.15) is 0 Å². The van der Waals surface area contributed by atoms with E-state index < -0.39 is 0 Å². The van der Waals surface area contributed by atoms with E-state index in [-0.39, 0.29) is 0 Å². The first kappa shape index (κ1) is 12.5. The highest BCUT2D eigenvalue weighted by molar-refractivity contribution is 5.17. The molecule has 0 aromatic heterocycles. The predicted octanol–water partition coefficient (Wildman–Crippen LogP) is 2.97. The predicted molar refractivity (Wildman–Crippen MR) is 59.3 cm³/mol. The number of hydrazine groups is 1. The van der Waals surface area contributed by atoms with Gasteiger partial charge in [0.05, 0.1) is 0 Å². The Hall–Kier alpha value is -0.500. The lowest BCUT2D eigenvalue weighted by Gasteiger charge is -2.01. The van der Waals surface area contributed by atoms with Gasteiger partial charge < -0.3 is 5.43 Å². The van der Waals surface area contributed by atoms with Gasteiger partial charge in [-0.3, -0.25) is 0 Å². The molecular formula is C11H24N2. The van der Waals surface area contributed by atoms with E-state index in [1.807, 2.05) is 13.8 Å². The molecule has 0 aromatic carbocycles. The van der Waals surface area contributed by atoms with Crippen molar-refractivity contribution in [1.82, 2.24) is 10.9 Å². The molecule has 0 atom stereocenters. The summed E-state index contributed by atoms with van der Waals surface area (Å²) in [7, 11) is 0. The molecule has 0 aliphatic carbocycles. The van der Waals surface area contributed by atoms with Crippen molar-refractivity contribution in [2.45, 2.75) is 53.4 Å². The van der Waals surface area contributed by atoms with Crippen molar-refractivity contribution in [3.05, 3.63) is 11.3 Å². The van der Waals surface area contributed by atoms with Crippen LogP contribution in [0, 0.1) is 0 Å². The number of hydrogen-bond acceptors (Lipinski definition) is 2. The van der Waals surface area contributed by atoms with Crippen LogP contribution in [0.2, 0.25) is 0 Å². The minimum absolute atomic E-state index is 1.04. The molecule has 13 heavy (non-hydrogen) atoms. The summed E-state index contributed by atoms with van der Waals surface area (Å²) >= 11 is 0. The maximum Gasteiger partial charge on any atom is 0.0378 e. The SMILES string of the molecule is CC.CCCCC1=C(CC)NNC1. The van der Waals surface area contributed by atoms with Crippen molar-refractivity contribution < 1.29 is 0 Å². The normalized spacial score (nSPS) is 15.1. The van der Waals surface area contributed by atoms with Crippen LogP contribution in [0.5, 0.6) is 0 Å². The second kappa shape index (κ2) is 8.11. The zero-order chi connectivity index (χ0) is 10.1. The smallest absolute Gasteiger partial charge is 0.0378 e. The van der Waals surface area contributed by atoms with Gasteiger partial charge in [0.2, 0.25) is 0 Å². The quantitative estimate of drug-likeness (QED) is 0.702. The number of hydrogen-bond donors (Lipinski definition) is 2. The van der Waals surface area contributed by atoms with E-state index in [1.54, 1.807) is 5.57 Å². The van der Waals surface area contributed by atoms with Crippen LogP contribution in [0.1, 0.15) is 53.4 Å². The van der Waals surface area contributed by atoms with Crippen molar-refractivity contribution in [3.63, 3.8) is 0 Å². The summed E-state index contributed by atoms with van der Waals surface area (Å²) in [5.41, 5.74) is 9.35. The Morgan fingerprint density at radius 1 is 1.23 bits per heavy atom. The van der Waals surface area contributed by atoms with Crippen molar-refractivity contribution >= 4 is 0 Å². The van der Waals surface area contributed by atoms with Crippen LogP contribution in [-0.4, -0.2) is 6.54 Å². The maximum absolute atomic E-state index is 3.19. The molecule has 1 aliphatic rings. The molecular weight excluding hydrogens is 160 g/mol. The monoisotopic (exact) mass is 184 g/mol. The third kappa shape index (κ3) is 4.32. The first-order valence-corrected chi connectivity index (χ1v) is 5.58. The molecule has 0 unspecified atom stereocenters. The first-order chi connectivity index (χ1) is 6.38. The van der Waals surface area contributed by atoms with Gasteiger partial charge in [-0.05, 0) is 24.8 Å². The number of rotatable bonds is 4. The third-order valence-corrected chi connectivity index (χ3v) is 2.15. The molecule has 1 rings (SSSR count). The zero-order valence-corrected chi connectivity index (χ0v) is 9.54. The highest BCUT2D eigenvalue weighted by Gasteiger charge is 2.09. The Morgan fingerprint density at radius 2 is 1.92 bits per heavy atom. The van der Waals surface area contributed by atoms with Crippen molar-refractivity contribution in [1.29, 1.82) is 0 Å². The van der Waals surface area contributed by atoms with Gasteiger partial charge in [0.1, 0.15) is 0 Å².